The average Bonchev–Trinajstić information content (AvgIpc) is 2.96. The summed E-state index contributed by atoms with van der Waals surface area (Å²) in [7, 11) is 3.65. The number of hydrogen-bond donors (Lipinski definition) is 3. The van der Waals surface area contributed by atoms with Gasteiger partial charge < -0.3 is 30.3 Å². The summed E-state index contributed by atoms with van der Waals surface area (Å²) in [5, 5.41) is 10.8. The van der Waals surface area contributed by atoms with Gasteiger partial charge in [0.05, 0.1) is 32.4 Å². The quantitative estimate of drug-likeness (QED) is 0.187. The number of hydrogen-bond acceptors (Lipinski definition) is 10. The summed E-state index contributed by atoms with van der Waals surface area (Å²) >= 11 is 3.57. The van der Waals surface area contributed by atoms with Crippen LogP contribution in [0.3, 0.4) is 0 Å². The maximum atomic E-state index is 13.3. The lowest BCUT2D eigenvalue weighted by molar-refractivity contribution is 0.00492. The number of piperidine rings is 1. The first kappa shape index (κ1) is 29.8. The molecule has 1 aliphatic heterocycles. The molecule has 1 spiro atoms. The zero-order valence-corrected chi connectivity index (χ0v) is 27.8. The van der Waals surface area contributed by atoms with E-state index in [2.05, 4.69) is 88.9 Å². The summed E-state index contributed by atoms with van der Waals surface area (Å²) in [6, 6.07) is 10.8. The first-order valence-electron chi connectivity index (χ1n) is 14.6. The molecule has 2 aliphatic rings. The summed E-state index contributed by atoms with van der Waals surface area (Å²) in [5.41, 5.74) is 5.71. The predicted octanol–water partition coefficient (Wildman–Crippen LogP) is 6.27. The molecule has 4 aromatic rings. The molecule has 2 fully saturated rings. The Labute approximate surface area is 261 Å². The van der Waals surface area contributed by atoms with Gasteiger partial charge >= 0.3 is 0 Å². The highest BCUT2D eigenvalue weighted by Crippen LogP contribution is 2.51. The second-order valence-corrected chi connectivity index (χ2v) is 16.4. The number of benzene rings is 2. The third-order valence-electron chi connectivity index (χ3n) is 8.90. The third kappa shape index (κ3) is 6.08. The van der Waals surface area contributed by atoms with Crippen molar-refractivity contribution < 1.29 is 4.57 Å². The van der Waals surface area contributed by atoms with Crippen LogP contribution in [0, 0.1) is 5.41 Å². The van der Waals surface area contributed by atoms with Crippen molar-refractivity contribution in [3.63, 3.8) is 0 Å². The highest BCUT2D eigenvalue weighted by atomic mass is 79.9. The summed E-state index contributed by atoms with van der Waals surface area (Å²) in [4.78, 5) is 23.0. The molecule has 0 bridgehead atoms. The van der Waals surface area contributed by atoms with E-state index in [1.54, 1.807) is 31.9 Å². The van der Waals surface area contributed by atoms with E-state index in [1.807, 2.05) is 19.2 Å². The molecule has 1 saturated carbocycles. The molecule has 2 aromatic heterocycles. The Balaban J connectivity index is 1.19. The Kier molecular flexibility index (Phi) is 8.08. The van der Waals surface area contributed by atoms with E-state index in [4.69, 9.17) is 4.98 Å². The molecule has 2 aromatic carbocycles. The minimum atomic E-state index is -2.71. The van der Waals surface area contributed by atoms with Crippen LogP contribution in [0.2, 0.25) is 0 Å². The number of nitrogens with zero attached hydrogens (tertiary/aromatic N) is 6. The van der Waals surface area contributed by atoms with Gasteiger partial charge in [-0.2, -0.15) is 4.98 Å². The first-order valence-corrected chi connectivity index (χ1v) is 18.0. The highest BCUT2D eigenvalue weighted by Gasteiger charge is 2.46. The molecular formula is C31H39BrN9OP. The monoisotopic (exact) mass is 663 g/mol. The van der Waals surface area contributed by atoms with Crippen molar-refractivity contribution >= 4 is 73.9 Å². The fraction of sp³-hybridized carbons (Fsp3) is 0.419. The molecule has 1 aliphatic carbocycles. The van der Waals surface area contributed by atoms with Crippen LogP contribution in [0.1, 0.15) is 25.7 Å². The van der Waals surface area contributed by atoms with E-state index < -0.39 is 7.14 Å². The van der Waals surface area contributed by atoms with E-state index in [1.165, 1.54) is 31.4 Å². The van der Waals surface area contributed by atoms with Gasteiger partial charge in [0.25, 0.3) is 0 Å². The lowest BCUT2D eigenvalue weighted by atomic mass is 9.60. The fourth-order valence-corrected chi connectivity index (χ4v) is 8.15. The maximum absolute atomic E-state index is 13.3. The van der Waals surface area contributed by atoms with Crippen LogP contribution >= 0.6 is 23.1 Å². The molecule has 0 atom stereocenters. The highest BCUT2D eigenvalue weighted by molar-refractivity contribution is 9.10. The van der Waals surface area contributed by atoms with Gasteiger partial charge in [0.1, 0.15) is 18.5 Å². The van der Waals surface area contributed by atoms with Crippen molar-refractivity contribution in [1.29, 1.82) is 0 Å². The van der Waals surface area contributed by atoms with E-state index in [0.717, 1.165) is 30.5 Å². The molecule has 12 heteroatoms. The van der Waals surface area contributed by atoms with Crippen molar-refractivity contribution in [2.75, 3.05) is 68.4 Å². The van der Waals surface area contributed by atoms with E-state index >= 15 is 0 Å². The zero-order valence-electron chi connectivity index (χ0n) is 25.4. The Hall–Kier alpha value is -3.27. The number of aromatic nitrogens is 4. The molecule has 0 radical (unpaired) electrons. The van der Waals surface area contributed by atoms with Crippen LogP contribution in [0.25, 0.3) is 11.0 Å². The fourth-order valence-electron chi connectivity index (χ4n) is 6.46. The molecule has 0 unspecified atom stereocenters. The van der Waals surface area contributed by atoms with Gasteiger partial charge in [-0.25, -0.2) is 4.98 Å². The van der Waals surface area contributed by atoms with E-state index in [0.29, 0.717) is 43.7 Å². The van der Waals surface area contributed by atoms with Gasteiger partial charge in [0.15, 0.2) is 0 Å². The number of fused-ring (bicyclic) bond motifs is 1. The summed E-state index contributed by atoms with van der Waals surface area (Å²) in [5.74, 6) is 0.995. The van der Waals surface area contributed by atoms with Crippen molar-refractivity contribution in [2.24, 2.45) is 5.41 Å². The molecule has 1 saturated heterocycles. The van der Waals surface area contributed by atoms with Crippen LogP contribution in [0.5, 0.6) is 0 Å². The average molecular weight is 665 g/mol. The van der Waals surface area contributed by atoms with Crippen molar-refractivity contribution in [3.05, 3.63) is 53.4 Å². The number of halogens is 1. The maximum Gasteiger partial charge on any atom is 0.229 e. The minimum absolute atomic E-state index is 0.444. The van der Waals surface area contributed by atoms with Crippen LogP contribution in [-0.4, -0.2) is 78.4 Å². The first-order chi connectivity index (χ1) is 20.5. The molecule has 226 valence electrons. The summed E-state index contributed by atoms with van der Waals surface area (Å²) in [6.45, 7) is 5.64. The van der Waals surface area contributed by atoms with Crippen LogP contribution < -0.4 is 26.2 Å². The second kappa shape index (κ2) is 11.7. The smallest absolute Gasteiger partial charge is 0.229 e. The van der Waals surface area contributed by atoms with Crippen molar-refractivity contribution in [2.45, 2.75) is 31.7 Å². The minimum Gasteiger partial charge on any atom is -0.386 e. The number of anilines is 6. The Morgan fingerprint density at radius 2 is 1.74 bits per heavy atom. The molecule has 43 heavy (non-hydrogen) atoms. The third-order valence-corrected chi connectivity index (χ3v) is 11.0. The molecule has 3 heterocycles. The topological polar surface area (TPSA) is 111 Å². The van der Waals surface area contributed by atoms with E-state index in [9.17, 15) is 4.57 Å². The molecule has 10 nitrogen and oxygen atoms in total. The van der Waals surface area contributed by atoms with Gasteiger partial charge in [-0.05, 0) is 105 Å². The predicted molar refractivity (Wildman–Crippen MR) is 182 cm³/mol. The van der Waals surface area contributed by atoms with Gasteiger partial charge in [-0.1, -0.05) is 0 Å². The Morgan fingerprint density at radius 3 is 2.44 bits per heavy atom. The van der Waals surface area contributed by atoms with Crippen LogP contribution in [0.15, 0.2) is 53.4 Å². The number of rotatable bonds is 8. The normalized spacial score (nSPS) is 16.9. The van der Waals surface area contributed by atoms with Gasteiger partial charge in [0.2, 0.25) is 5.95 Å². The summed E-state index contributed by atoms with van der Waals surface area (Å²) in [6.07, 6.45) is 10.1. The zero-order chi connectivity index (χ0) is 30.4. The van der Waals surface area contributed by atoms with Gasteiger partial charge in [0, 0.05) is 50.5 Å². The standard InChI is InChI=1S/C31H39BrN9OP/c1-33-25-16-20(6-9-26(25)41-14-10-31(11-15-41)17-21(18-31)40(2)3)37-30-36-19-22(32)29(39-30)38-24-8-7-23-27(35-13-12-34-23)28(24)43(4,5)42/h6-9,12-13,16,19,21,33H,10-11,14-15,17-18H2,1-5H3,(H2,36,37,38,39). The SMILES string of the molecule is CNc1cc(Nc2ncc(Br)c(Nc3ccc4nccnc4c3P(C)(C)=O)n2)ccc1N1CCC2(CC1)CC(N(C)C)C2. The van der Waals surface area contributed by atoms with Gasteiger partial charge in [-0.15, -0.1) is 0 Å². The van der Waals surface area contributed by atoms with Crippen LogP contribution in [-0.2, 0) is 4.57 Å². The Morgan fingerprint density at radius 1 is 1.00 bits per heavy atom. The second-order valence-electron chi connectivity index (χ2n) is 12.4. The lowest BCUT2D eigenvalue weighted by Gasteiger charge is -2.54. The summed E-state index contributed by atoms with van der Waals surface area (Å²) < 4.78 is 14.0. The molecule has 0 amide bonds. The molecule has 3 N–H and O–H groups in total. The Bertz CT molecular complexity index is 1690. The molecular weight excluding hydrogens is 625 g/mol. The van der Waals surface area contributed by atoms with Crippen LogP contribution in [0.4, 0.5) is 34.5 Å². The van der Waals surface area contributed by atoms with Crippen molar-refractivity contribution in [1.82, 2.24) is 24.8 Å². The van der Waals surface area contributed by atoms with Crippen molar-refractivity contribution in [3.8, 4) is 0 Å². The molecule has 6 rings (SSSR count). The van der Waals surface area contributed by atoms with E-state index in [-0.39, 0.29) is 0 Å². The van der Waals surface area contributed by atoms with Gasteiger partial charge in [-0.3, -0.25) is 9.97 Å². The largest absolute Gasteiger partial charge is 0.386 e. The number of nitrogens with one attached hydrogen (secondary N) is 3. The lowest BCUT2D eigenvalue weighted by Crippen LogP contribution is -2.53.